The fourth-order valence-corrected chi connectivity index (χ4v) is 1.72. The van der Waals surface area contributed by atoms with E-state index in [-0.39, 0.29) is 6.54 Å². The van der Waals surface area contributed by atoms with Crippen LogP contribution in [0.15, 0.2) is 53.8 Å². The normalized spacial score (nSPS) is 11.9. The quantitative estimate of drug-likeness (QED) is 0.296. The van der Waals surface area contributed by atoms with Gasteiger partial charge < -0.3 is 0 Å². The molecule has 23 heavy (non-hydrogen) atoms. The first-order chi connectivity index (χ1) is 10.9. The fourth-order valence-electron chi connectivity index (χ4n) is 1.72. The first kappa shape index (κ1) is 16.4. The fraction of sp³-hybridized carbons (Fsp3) is 0.133. The second kappa shape index (κ2) is 6.87. The molecule has 8 heteroatoms. The molecule has 0 saturated heterocycles. The lowest BCUT2D eigenvalue weighted by Gasteiger charge is -2.05. The largest absolute Gasteiger partial charge is 0.416 e. The van der Waals surface area contributed by atoms with Gasteiger partial charge >= 0.3 is 6.18 Å². The molecule has 0 atom stereocenters. The SMILES string of the molecule is N#CC[N+](=NNc1ccc(C(F)(F)F)cc1)c1ccc(F)cc1. The highest BCUT2D eigenvalue weighted by Gasteiger charge is 2.30. The van der Waals surface area contributed by atoms with Crippen molar-refractivity contribution in [2.75, 3.05) is 12.0 Å². The van der Waals surface area contributed by atoms with Gasteiger partial charge in [0.15, 0.2) is 12.2 Å². The predicted octanol–water partition coefficient (Wildman–Crippen LogP) is 4.49. The van der Waals surface area contributed by atoms with E-state index < -0.39 is 17.6 Å². The van der Waals surface area contributed by atoms with E-state index >= 15 is 0 Å². The summed E-state index contributed by atoms with van der Waals surface area (Å²) in [7, 11) is 0. The van der Waals surface area contributed by atoms with Crippen LogP contribution in [0.1, 0.15) is 5.56 Å². The average Bonchev–Trinajstić information content (AvgIpc) is 2.52. The van der Waals surface area contributed by atoms with Crippen LogP contribution in [0, 0.1) is 17.1 Å². The molecule has 4 nitrogen and oxygen atoms in total. The van der Waals surface area contributed by atoms with Gasteiger partial charge in [-0.1, -0.05) is 0 Å². The molecule has 0 aliphatic carbocycles. The van der Waals surface area contributed by atoms with Crippen molar-refractivity contribution in [2.45, 2.75) is 6.18 Å². The van der Waals surface area contributed by atoms with Gasteiger partial charge in [0, 0.05) is 0 Å². The van der Waals surface area contributed by atoms with Gasteiger partial charge in [-0.3, -0.25) is 0 Å². The molecule has 0 spiro atoms. The lowest BCUT2D eigenvalue weighted by Crippen LogP contribution is -2.07. The van der Waals surface area contributed by atoms with Gasteiger partial charge in [0.05, 0.1) is 10.8 Å². The highest BCUT2D eigenvalue weighted by Crippen LogP contribution is 2.29. The summed E-state index contributed by atoms with van der Waals surface area (Å²) in [6, 6.07) is 11.5. The number of hydrogen-bond donors (Lipinski definition) is 1. The predicted molar refractivity (Wildman–Crippen MR) is 74.3 cm³/mol. The standard InChI is InChI=1S/C15H10F4N4/c16-12-3-7-14(8-4-12)23(10-9-20)22-21-13-5-1-11(2-6-13)15(17,18)19/h1-8H,10H2/p+1. The molecule has 0 fully saturated rings. The summed E-state index contributed by atoms with van der Waals surface area (Å²) in [5, 5.41) is 12.7. The zero-order valence-corrected chi connectivity index (χ0v) is 11.7. The number of nitrogens with one attached hydrogen (secondary N) is 1. The van der Waals surface area contributed by atoms with Crippen molar-refractivity contribution >= 4 is 11.4 Å². The number of alkyl halides is 3. The van der Waals surface area contributed by atoms with Crippen LogP contribution in [-0.2, 0) is 6.18 Å². The molecule has 0 radical (unpaired) electrons. The molecule has 0 aliphatic rings. The first-order valence-electron chi connectivity index (χ1n) is 6.44. The highest BCUT2D eigenvalue weighted by atomic mass is 19.4. The summed E-state index contributed by atoms with van der Waals surface area (Å²) >= 11 is 0. The summed E-state index contributed by atoms with van der Waals surface area (Å²) < 4.78 is 51.6. The van der Waals surface area contributed by atoms with E-state index in [1.807, 2.05) is 6.07 Å². The van der Waals surface area contributed by atoms with Gasteiger partial charge in [-0.2, -0.15) is 18.4 Å². The van der Waals surface area contributed by atoms with E-state index in [1.54, 1.807) is 0 Å². The molecule has 2 rings (SSSR count). The molecule has 0 aromatic heterocycles. The van der Waals surface area contributed by atoms with Crippen LogP contribution in [0.25, 0.3) is 0 Å². The molecule has 0 bridgehead atoms. The van der Waals surface area contributed by atoms with Crippen LogP contribution in [0.2, 0.25) is 0 Å². The monoisotopic (exact) mass is 323 g/mol. The number of hydrogen-bond acceptors (Lipinski definition) is 2. The number of halogens is 4. The lowest BCUT2D eigenvalue weighted by atomic mass is 10.2. The Morgan fingerprint density at radius 3 is 2.17 bits per heavy atom. The minimum atomic E-state index is -4.41. The van der Waals surface area contributed by atoms with E-state index in [0.717, 1.165) is 12.1 Å². The number of anilines is 1. The Kier molecular flexibility index (Phi) is 4.91. The Morgan fingerprint density at radius 1 is 1.04 bits per heavy atom. The van der Waals surface area contributed by atoms with Crippen LogP contribution in [0.4, 0.5) is 28.9 Å². The summed E-state index contributed by atoms with van der Waals surface area (Å²) in [4.78, 5) is 0. The van der Waals surface area contributed by atoms with Crippen LogP contribution in [0.5, 0.6) is 0 Å². The molecule has 0 aliphatic heterocycles. The van der Waals surface area contributed by atoms with Crippen LogP contribution in [0.3, 0.4) is 0 Å². The van der Waals surface area contributed by atoms with Crippen molar-refractivity contribution in [1.29, 1.82) is 5.26 Å². The van der Waals surface area contributed by atoms with E-state index in [9.17, 15) is 17.6 Å². The molecule has 2 aromatic carbocycles. The van der Waals surface area contributed by atoms with Gasteiger partial charge in [-0.25, -0.2) is 4.39 Å². The zero-order valence-electron chi connectivity index (χ0n) is 11.7. The molecule has 118 valence electrons. The van der Waals surface area contributed by atoms with Gasteiger partial charge in [-0.05, 0) is 48.5 Å². The first-order valence-corrected chi connectivity index (χ1v) is 6.44. The second-order valence-corrected chi connectivity index (χ2v) is 4.48. The minimum Gasteiger partial charge on any atom is -0.207 e. The van der Waals surface area contributed by atoms with E-state index in [1.165, 1.54) is 41.1 Å². The molecular formula is C15H11F4N4+. The smallest absolute Gasteiger partial charge is 0.207 e. The molecule has 0 unspecified atom stereocenters. The van der Waals surface area contributed by atoms with Crippen molar-refractivity contribution in [3.05, 3.63) is 59.9 Å². The third-order valence-corrected chi connectivity index (χ3v) is 2.86. The maximum atomic E-state index is 12.9. The minimum absolute atomic E-state index is 0.112. The average molecular weight is 323 g/mol. The summed E-state index contributed by atoms with van der Waals surface area (Å²) in [6.45, 7) is -0.112. The highest BCUT2D eigenvalue weighted by molar-refractivity contribution is 5.44. The molecule has 0 heterocycles. The topological polar surface area (TPSA) is 51.2 Å². The van der Waals surface area contributed by atoms with E-state index in [2.05, 4.69) is 10.6 Å². The Labute approximate surface area is 129 Å². The third-order valence-electron chi connectivity index (χ3n) is 2.86. The van der Waals surface area contributed by atoms with E-state index in [4.69, 9.17) is 5.26 Å². The van der Waals surface area contributed by atoms with Crippen LogP contribution < -0.4 is 5.43 Å². The molecule has 0 saturated carbocycles. The van der Waals surface area contributed by atoms with Crippen LogP contribution in [-0.4, -0.2) is 11.2 Å². The second-order valence-electron chi connectivity index (χ2n) is 4.48. The number of rotatable bonds is 4. The van der Waals surface area contributed by atoms with Crippen molar-refractivity contribution in [3.8, 4) is 6.07 Å². The molecule has 1 N–H and O–H groups in total. The summed E-state index contributed by atoms with van der Waals surface area (Å²) in [5.74, 6) is -0.429. The molecule has 2 aromatic rings. The van der Waals surface area contributed by atoms with Crippen molar-refractivity contribution in [1.82, 2.24) is 0 Å². The number of benzene rings is 2. The van der Waals surface area contributed by atoms with E-state index in [0.29, 0.717) is 11.4 Å². The molecule has 0 amide bonds. The third kappa shape index (κ3) is 4.51. The molecular weight excluding hydrogens is 312 g/mol. The number of nitrogens with zero attached hydrogens (tertiary/aromatic N) is 3. The Hall–Kier alpha value is -2.95. The van der Waals surface area contributed by atoms with Crippen LogP contribution >= 0.6 is 0 Å². The number of nitriles is 1. The maximum absolute atomic E-state index is 12.9. The van der Waals surface area contributed by atoms with Gasteiger partial charge in [0.1, 0.15) is 17.6 Å². The Morgan fingerprint density at radius 2 is 1.65 bits per heavy atom. The Bertz CT molecular complexity index is 728. The summed E-state index contributed by atoms with van der Waals surface area (Å²) in [6.07, 6.45) is -4.41. The van der Waals surface area contributed by atoms with Crippen molar-refractivity contribution < 1.29 is 22.3 Å². The summed E-state index contributed by atoms with van der Waals surface area (Å²) in [5.41, 5.74) is 2.58. The van der Waals surface area contributed by atoms with Gasteiger partial charge in [0.25, 0.3) is 0 Å². The van der Waals surface area contributed by atoms with Gasteiger partial charge in [0.2, 0.25) is 0 Å². The van der Waals surface area contributed by atoms with Crippen molar-refractivity contribution in [3.63, 3.8) is 0 Å². The van der Waals surface area contributed by atoms with Crippen molar-refractivity contribution in [2.24, 2.45) is 5.22 Å². The lowest BCUT2D eigenvalue weighted by molar-refractivity contribution is -0.499. The zero-order chi connectivity index (χ0) is 16.9. The Balaban J connectivity index is 2.18. The van der Waals surface area contributed by atoms with Gasteiger partial charge in [-0.15, -0.1) is 10.1 Å². The maximum Gasteiger partial charge on any atom is 0.416 e.